The molecule has 1 amide bonds. The van der Waals surface area contributed by atoms with E-state index in [-0.39, 0.29) is 18.2 Å². The second-order valence-corrected chi connectivity index (χ2v) is 5.94. The van der Waals surface area contributed by atoms with Gasteiger partial charge >= 0.3 is 6.09 Å². The van der Waals surface area contributed by atoms with Crippen molar-refractivity contribution in [2.75, 3.05) is 13.2 Å². The summed E-state index contributed by atoms with van der Waals surface area (Å²) in [5.74, 6) is 6.47. The van der Waals surface area contributed by atoms with Gasteiger partial charge in [-0.25, -0.2) is 4.79 Å². The predicted octanol–water partition coefficient (Wildman–Crippen LogP) is 3.43. The van der Waals surface area contributed by atoms with E-state index in [0.717, 1.165) is 5.56 Å². The summed E-state index contributed by atoms with van der Waals surface area (Å²) in [5, 5.41) is 8.72. The first-order valence-electron chi connectivity index (χ1n) is 7.57. The molecule has 1 aromatic rings. The lowest BCUT2D eigenvalue weighted by Gasteiger charge is -2.33. The molecule has 0 aliphatic heterocycles. The summed E-state index contributed by atoms with van der Waals surface area (Å²) in [4.78, 5) is 13.9. The predicted molar refractivity (Wildman–Crippen MR) is 87.8 cm³/mol. The summed E-state index contributed by atoms with van der Waals surface area (Å²) in [7, 11) is 0. The number of hydrogen-bond acceptors (Lipinski definition) is 3. The smallest absolute Gasteiger partial charge is 0.410 e. The zero-order chi connectivity index (χ0) is 16.6. The van der Waals surface area contributed by atoms with Crippen LogP contribution in [-0.4, -0.2) is 34.8 Å². The van der Waals surface area contributed by atoms with Crippen LogP contribution < -0.4 is 4.74 Å². The van der Waals surface area contributed by atoms with Crippen LogP contribution >= 0.6 is 0 Å². The van der Waals surface area contributed by atoms with Gasteiger partial charge in [0.05, 0.1) is 0 Å². The van der Waals surface area contributed by atoms with Gasteiger partial charge in [0.1, 0.15) is 5.75 Å². The molecule has 1 rings (SSSR count). The fourth-order valence-corrected chi connectivity index (χ4v) is 2.00. The SMILES string of the molecule is CCN(C(=O)Oc1cccc(C#CCCCO)c1)C(C)(C)C. The van der Waals surface area contributed by atoms with Crippen molar-refractivity contribution in [3.63, 3.8) is 0 Å². The molecular weight excluding hydrogens is 278 g/mol. The van der Waals surface area contributed by atoms with Gasteiger partial charge in [-0.15, -0.1) is 0 Å². The summed E-state index contributed by atoms with van der Waals surface area (Å²) in [5.41, 5.74) is 0.509. The maximum Gasteiger partial charge on any atom is 0.415 e. The van der Waals surface area contributed by atoms with Crippen molar-refractivity contribution >= 4 is 6.09 Å². The van der Waals surface area contributed by atoms with E-state index in [1.54, 1.807) is 17.0 Å². The van der Waals surface area contributed by atoms with E-state index in [1.807, 2.05) is 39.8 Å². The fourth-order valence-electron chi connectivity index (χ4n) is 2.00. The largest absolute Gasteiger partial charge is 0.415 e. The lowest BCUT2D eigenvalue weighted by atomic mass is 10.1. The number of ether oxygens (including phenoxy) is 1. The summed E-state index contributed by atoms with van der Waals surface area (Å²) < 4.78 is 5.44. The maximum absolute atomic E-state index is 12.2. The molecule has 0 fully saturated rings. The number of aliphatic hydroxyl groups excluding tert-OH is 1. The number of unbranched alkanes of at least 4 members (excludes halogenated alkanes) is 1. The fraction of sp³-hybridized carbons (Fsp3) is 0.500. The molecule has 0 saturated heterocycles. The standard InChI is InChI=1S/C18H25NO3/c1-5-19(18(2,3)4)17(21)22-16-12-9-11-15(14-16)10-7-6-8-13-20/h9,11-12,14,20H,5-6,8,13H2,1-4H3. The van der Waals surface area contributed by atoms with Gasteiger partial charge in [0, 0.05) is 30.7 Å². The number of amides is 1. The van der Waals surface area contributed by atoms with Crippen molar-refractivity contribution in [3.8, 4) is 17.6 Å². The van der Waals surface area contributed by atoms with E-state index >= 15 is 0 Å². The molecule has 0 saturated carbocycles. The molecule has 0 aliphatic carbocycles. The lowest BCUT2D eigenvalue weighted by Crippen LogP contribution is -2.46. The van der Waals surface area contributed by atoms with E-state index in [4.69, 9.17) is 9.84 Å². The first-order chi connectivity index (χ1) is 10.4. The zero-order valence-electron chi connectivity index (χ0n) is 13.8. The van der Waals surface area contributed by atoms with Crippen LogP contribution in [0.25, 0.3) is 0 Å². The third kappa shape index (κ3) is 5.79. The minimum absolute atomic E-state index is 0.145. The molecule has 0 aromatic heterocycles. The monoisotopic (exact) mass is 303 g/mol. The van der Waals surface area contributed by atoms with Gasteiger partial charge in [-0.3, -0.25) is 0 Å². The minimum Gasteiger partial charge on any atom is -0.410 e. The number of rotatable bonds is 4. The summed E-state index contributed by atoms with van der Waals surface area (Å²) in [6, 6.07) is 7.17. The Morgan fingerprint density at radius 3 is 2.68 bits per heavy atom. The van der Waals surface area contributed by atoms with Crippen LogP contribution in [0.2, 0.25) is 0 Å². The Morgan fingerprint density at radius 2 is 2.09 bits per heavy atom. The normalized spacial score (nSPS) is 10.6. The molecule has 1 N–H and O–H groups in total. The van der Waals surface area contributed by atoms with E-state index in [0.29, 0.717) is 25.1 Å². The molecule has 1 aromatic carbocycles. The Kier molecular flexibility index (Phi) is 6.94. The van der Waals surface area contributed by atoms with Crippen LogP contribution in [0.1, 0.15) is 46.1 Å². The van der Waals surface area contributed by atoms with Crippen molar-refractivity contribution in [1.29, 1.82) is 0 Å². The number of benzene rings is 1. The molecule has 0 bridgehead atoms. The molecule has 0 spiro atoms. The molecular formula is C18H25NO3. The topological polar surface area (TPSA) is 49.8 Å². The highest BCUT2D eigenvalue weighted by Gasteiger charge is 2.26. The van der Waals surface area contributed by atoms with Crippen LogP contribution in [0.15, 0.2) is 24.3 Å². The van der Waals surface area contributed by atoms with Gasteiger partial charge in [-0.05, 0) is 52.3 Å². The second-order valence-electron chi connectivity index (χ2n) is 5.94. The van der Waals surface area contributed by atoms with Gasteiger partial charge < -0.3 is 14.7 Å². The molecule has 4 nitrogen and oxygen atoms in total. The van der Waals surface area contributed by atoms with E-state index in [2.05, 4.69) is 11.8 Å². The second kappa shape index (κ2) is 8.45. The van der Waals surface area contributed by atoms with Gasteiger partial charge in [0.15, 0.2) is 0 Å². The number of carbonyl (C=O) groups excluding carboxylic acids is 1. The molecule has 0 radical (unpaired) electrons. The lowest BCUT2D eigenvalue weighted by molar-refractivity contribution is 0.110. The molecule has 22 heavy (non-hydrogen) atoms. The summed E-state index contributed by atoms with van der Waals surface area (Å²) in [6.07, 6.45) is 0.952. The number of nitrogens with zero attached hydrogens (tertiary/aromatic N) is 1. The van der Waals surface area contributed by atoms with Crippen LogP contribution in [-0.2, 0) is 0 Å². The first kappa shape index (κ1) is 18.1. The Balaban J connectivity index is 2.77. The Morgan fingerprint density at radius 1 is 1.36 bits per heavy atom. The third-order valence-electron chi connectivity index (χ3n) is 3.08. The number of hydrogen-bond donors (Lipinski definition) is 1. The van der Waals surface area contributed by atoms with Crippen molar-refractivity contribution in [3.05, 3.63) is 29.8 Å². The summed E-state index contributed by atoms with van der Waals surface area (Å²) >= 11 is 0. The van der Waals surface area contributed by atoms with Gasteiger partial charge in [0.25, 0.3) is 0 Å². The Hall–Kier alpha value is -1.99. The molecule has 4 heteroatoms. The van der Waals surface area contributed by atoms with E-state index < -0.39 is 0 Å². The highest BCUT2D eigenvalue weighted by molar-refractivity contribution is 5.71. The van der Waals surface area contributed by atoms with Crippen LogP contribution in [0.5, 0.6) is 5.75 Å². The molecule has 0 atom stereocenters. The number of carbonyl (C=O) groups is 1. The Labute approximate surface area is 133 Å². The first-order valence-corrected chi connectivity index (χ1v) is 7.57. The minimum atomic E-state index is -0.361. The molecule has 0 unspecified atom stereocenters. The van der Waals surface area contributed by atoms with Gasteiger partial charge in [-0.2, -0.15) is 0 Å². The average Bonchev–Trinajstić information content (AvgIpc) is 2.43. The zero-order valence-corrected chi connectivity index (χ0v) is 13.8. The molecule has 120 valence electrons. The highest BCUT2D eigenvalue weighted by atomic mass is 16.6. The third-order valence-corrected chi connectivity index (χ3v) is 3.08. The quantitative estimate of drug-likeness (QED) is 0.685. The van der Waals surface area contributed by atoms with Crippen LogP contribution in [0, 0.1) is 11.8 Å². The number of aliphatic hydroxyl groups is 1. The molecule has 0 heterocycles. The maximum atomic E-state index is 12.2. The van der Waals surface area contributed by atoms with Crippen LogP contribution in [0.3, 0.4) is 0 Å². The van der Waals surface area contributed by atoms with E-state index in [9.17, 15) is 4.79 Å². The average molecular weight is 303 g/mol. The van der Waals surface area contributed by atoms with E-state index in [1.165, 1.54) is 0 Å². The van der Waals surface area contributed by atoms with Crippen molar-refractivity contribution in [2.24, 2.45) is 0 Å². The molecule has 0 aliphatic rings. The van der Waals surface area contributed by atoms with Crippen molar-refractivity contribution < 1.29 is 14.6 Å². The highest BCUT2D eigenvalue weighted by Crippen LogP contribution is 2.18. The Bertz CT molecular complexity index is 549. The summed E-state index contributed by atoms with van der Waals surface area (Å²) in [6.45, 7) is 8.58. The van der Waals surface area contributed by atoms with Gasteiger partial charge in [0.2, 0.25) is 0 Å². The van der Waals surface area contributed by atoms with Crippen molar-refractivity contribution in [1.82, 2.24) is 4.90 Å². The van der Waals surface area contributed by atoms with Crippen LogP contribution in [0.4, 0.5) is 4.79 Å². The van der Waals surface area contributed by atoms with Crippen molar-refractivity contribution in [2.45, 2.75) is 46.1 Å². The van der Waals surface area contributed by atoms with Gasteiger partial charge in [-0.1, -0.05) is 17.9 Å².